The highest BCUT2D eigenvalue weighted by Gasteiger charge is 2.24. The molecular formula is C19H26ClN3O. The van der Waals surface area contributed by atoms with Gasteiger partial charge in [0.2, 0.25) is 0 Å². The van der Waals surface area contributed by atoms with Crippen molar-refractivity contribution in [3.63, 3.8) is 0 Å². The molecule has 0 aliphatic carbocycles. The Hall–Kier alpha value is -1.81. The van der Waals surface area contributed by atoms with Crippen molar-refractivity contribution in [2.24, 2.45) is 5.92 Å². The van der Waals surface area contributed by atoms with E-state index in [-0.39, 0.29) is 11.9 Å². The van der Waals surface area contributed by atoms with Crippen LogP contribution in [-0.4, -0.2) is 21.7 Å². The SMILES string of the molecule is CCc1c(C(=O)NC(C)C)c(CC(C)C)nn1-c1cccc(Cl)c1. The number of benzene rings is 1. The minimum absolute atomic E-state index is 0.0502. The van der Waals surface area contributed by atoms with Gasteiger partial charge in [-0.1, -0.05) is 38.4 Å². The summed E-state index contributed by atoms with van der Waals surface area (Å²) in [7, 11) is 0. The van der Waals surface area contributed by atoms with Crippen molar-refractivity contribution in [2.45, 2.75) is 53.5 Å². The molecule has 0 spiro atoms. The summed E-state index contributed by atoms with van der Waals surface area (Å²) < 4.78 is 1.86. The van der Waals surface area contributed by atoms with E-state index in [4.69, 9.17) is 16.7 Å². The smallest absolute Gasteiger partial charge is 0.255 e. The van der Waals surface area contributed by atoms with Crippen LogP contribution < -0.4 is 5.32 Å². The zero-order valence-corrected chi connectivity index (χ0v) is 15.8. The molecule has 24 heavy (non-hydrogen) atoms. The summed E-state index contributed by atoms with van der Waals surface area (Å²) in [6, 6.07) is 7.65. The zero-order valence-electron chi connectivity index (χ0n) is 15.1. The highest BCUT2D eigenvalue weighted by molar-refractivity contribution is 6.30. The van der Waals surface area contributed by atoms with Gasteiger partial charge in [-0.15, -0.1) is 0 Å². The first-order valence-corrected chi connectivity index (χ1v) is 8.88. The van der Waals surface area contributed by atoms with Crippen LogP contribution >= 0.6 is 11.6 Å². The number of carbonyl (C=O) groups excluding carboxylic acids is 1. The Labute approximate surface area is 149 Å². The lowest BCUT2D eigenvalue weighted by molar-refractivity contribution is 0.0941. The largest absolute Gasteiger partial charge is 0.350 e. The quantitative estimate of drug-likeness (QED) is 0.840. The molecule has 0 aliphatic heterocycles. The Balaban J connectivity index is 2.60. The van der Waals surface area contributed by atoms with Gasteiger partial charge in [-0.25, -0.2) is 4.68 Å². The first-order valence-electron chi connectivity index (χ1n) is 8.51. The lowest BCUT2D eigenvalue weighted by Crippen LogP contribution is -2.31. The number of nitrogens with zero attached hydrogens (tertiary/aromatic N) is 2. The van der Waals surface area contributed by atoms with Gasteiger partial charge in [-0.2, -0.15) is 5.10 Å². The predicted molar refractivity (Wildman–Crippen MR) is 99.1 cm³/mol. The van der Waals surface area contributed by atoms with E-state index in [0.29, 0.717) is 16.5 Å². The van der Waals surface area contributed by atoms with Crippen molar-refractivity contribution in [3.8, 4) is 5.69 Å². The van der Waals surface area contributed by atoms with E-state index in [0.717, 1.165) is 29.9 Å². The van der Waals surface area contributed by atoms with Crippen molar-refractivity contribution in [1.29, 1.82) is 0 Å². The Bertz CT molecular complexity index is 719. The molecule has 2 rings (SSSR count). The molecule has 1 heterocycles. The third-order valence-corrected chi connectivity index (χ3v) is 3.92. The van der Waals surface area contributed by atoms with Crippen molar-refractivity contribution in [1.82, 2.24) is 15.1 Å². The number of carbonyl (C=O) groups is 1. The number of hydrogen-bond donors (Lipinski definition) is 1. The van der Waals surface area contributed by atoms with Gasteiger partial charge in [-0.3, -0.25) is 4.79 Å². The fraction of sp³-hybridized carbons (Fsp3) is 0.474. The van der Waals surface area contributed by atoms with Crippen molar-refractivity contribution in [3.05, 3.63) is 46.2 Å². The van der Waals surface area contributed by atoms with Crippen LogP contribution in [0.4, 0.5) is 0 Å². The second-order valence-electron chi connectivity index (χ2n) is 6.74. The van der Waals surface area contributed by atoms with Crippen LogP contribution in [-0.2, 0) is 12.8 Å². The summed E-state index contributed by atoms with van der Waals surface area (Å²) in [4.78, 5) is 12.8. The molecule has 0 bridgehead atoms. The number of nitrogens with one attached hydrogen (secondary N) is 1. The van der Waals surface area contributed by atoms with Gasteiger partial charge < -0.3 is 5.32 Å². The van der Waals surface area contributed by atoms with E-state index in [1.54, 1.807) is 0 Å². The fourth-order valence-corrected chi connectivity index (χ4v) is 2.96. The lowest BCUT2D eigenvalue weighted by Gasteiger charge is -2.11. The van der Waals surface area contributed by atoms with Gasteiger partial charge >= 0.3 is 0 Å². The Kier molecular flexibility index (Phi) is 6.05. The van der Waals surface area contributed by atoms with Crippen molar-refractivity contribution in [2.75, 3.05) is 0 Å². The molecule has 0 saturated heterocycles. The Morgan fingerprint density at radius 1 is 1.29 bits per heavy atom. The molecule has 0 aliphatic rings. The van der Waals surface area contributed by atoms with Gasteiger partial charge in [0.15, 0.2) is 0 Å². The second kappa shape index (κ2) is 7.84. The van der Waals surface area contributed by atoms with Gasteiger partial charge in [0.25, 0.3) is 5.91 Å². The molecule has 4 nitrogen and oxygen atoms in total. The molecule has 0 unspecified atom stereocenters. The van der Waals surface area contributed by atoms with Crippen LogP contribution in [0, 0.1) is 5.92 Å². The van der Waals surface area contributed by atoms with E-state index in [2.05, 4.69) is 19.2 Å². The van der Waals surface area contributed by atoms with E-state index in [9.17, 15) is 4.79 Å². The van der Waals surface area contributed by atoms with Crippen LogP contribution in [0.5, 0.6) is 0 Å². The average molecular weight is 348 g/mol. The molecule has 0 radical (unpaired) electrons. The second-order valence-corrected chi connectivity index (χ2v) is 7.18. The molecule has 2 aromatic rings. The first kappa shape index (κ1) is 18.5. The number of aromatic nitrogens is 2. The number of amides is 1. The summed E-state index contributed by atoms with van der Waals surface area (Å²) >= 11 is 6.13. The number of rotatable bonds is 6. The van der Waals surface area contributed by atoms with E-state index in [1.807, 2.05) is 49.7 Å². The summed E-state index contributed by atoms with van der Waals surface area (Å²) in [5.74, 6) is 0.369. The monoisotopic (exact) mass is 347 g/mol. The molecule has 0 saturated carbocycles. The molecule has 1 amide bonds. The highest BCUT2D eigenvalue weighted by Crippen LogP contribution is 2.24. The van der Waals surface area contributed by atoms with E-state index in [1.165, 1.54) is 0 Å². The number of halogens is 1. The predicted octanol–water partition coefficient (Wildman–Crippen LogP) is 4.42. The zero-order chi connectivity index (χ0) is 17.9. The molecule has 0 fully saturated rings. The van der Waals surface area contributed by atoms with Gasteiger partial charge in [0.05, 0.1) is 22.6 Å². The van der Waals surface area contributed by atoms with Crippen molar-refractivity contribution >= 4 is 17.5 Å². The Morgan fingerprint density at radius 2 is 2.00 bits per heavy atom. The maximum atomic E-state index is 12.8. The van der Waals surface area contributed by atoms with Crippen molar-refractivity contribution < 1.29 is 4.79 Å². The van der Waals surface area contributed by atoms with Gasteiger partial charge in [0.1, 0.15) is 0 Å². The topological polar surface area (TPSA) is 46.9 Å². The standard InChI is InChI=1S/C19H26ClN3O/c1-6-17-18(19(24)21-13(4)5)16(10-12(2)3)22-23(17)15-9-7-8-14(20)11-15/h7-9,11-13H,6,10H2,1-5H3,(H,21,24). The molecular weight excluding hydrogens is 322 g/mol. The van der Waals surface area contributed by atoms with Crippen LogP contribution in [0.15, 0.2) is 24.3 Å². The fourth-order valence-electron chi connectivity index (χ4n) is 2.78. The highest BCUT2D eigenvalue weighted by atomic mass is 35.5. The summed E-state index contributed by atoms with van der Waals surface area (Å²) in [5.41, 5.74) is 3.36. The van der Waals surface area contributed by atoms with Crippen LogP contribution in [0.3, 0.4) is 0 Å². The Morgan fingerprint density at radius 3 is 2.54 bits per heavy atom. The summed E-state index contributed by atoms with van der Waals surface area (Å²) in [5, 5.41) is 8.42. The average Bonchev–Trinajstić information content (AvgIpc) is 2.84. The maximum Gasteiger partial charge on any atom is 0.255 e. The molecule has 5 heteroatoms. The molecule has 0 atom stereocenters. The molecule has 130 valence electrons. The van der Waals surface area contributed by atoms with E-state index < -0.39 is 0 Å². The van der Waals surface area contributed by atoms with Crippen LogP contribution in [0.25, 0.3) is 5.69 Å². The summed E-state index contributed by atoms with van der Waals surface area (Å²) in [6.07, 6.45) is 1.49. The van der Waals surface area contributed by atoms with Gasteiger partial charge in [0, 0.05) is 11.1 Å². The van der Waals surface area contributed by atoms with Crippen LogP contribution in [0.1, 0.15) is 56.4 Å². The molecule has 1 aromatic heterocycles. The van der Waals surface area contributed by atoms with Crippen LogP contribution in [0.2, 0.25) is 5.02 Å². The third kappa shape index (κ3) is 4.18. The minimum Gasteiger partial charge on any atom is -0.350 e. The maximum absolute atomic E-state index is 12.8. The third-order valence-electron chi connectivity index (χ3n) is 3.69. The van der Waals surface area contributed by atoms with Gasteiger partial charge in [-0.05, 0) is 50.8 Å². The first-order chi connectivity index (χ1) is 11.3. The molecule has 1 N–H and O–H groups in total. The lowest BCUT2D eigenvalue weighted by atomic mass is 10.0. The molecule has 1 aromatic carbocycles. The minimum atomic E-state index is -0.0502. The number of hydrogen-bond acceptors (Lipinski definition) is 2. The van der Waals surface area contributed by atoms with E-state index >= 15 is 0 Å². The normalized spacial score (nSPS) is 11.3. The summed E-state index contributed by atoms with van der Waals surface area (Å²) in [6.45, 7) is 10.2.